The molecule has 0 aliphatic carbocycles. The summed E-state index contributed by atoms with van der Waals surface area (Å²) in [6, 6.07) is 17.2. The highest BCUT2D eigenvalue weighted by Gasteiger charge is 2.57. The predicted octanol–water partition coefficient (Wildman–Crippen LogP) is 10.8. The van der Waals surface area contributed by atoms with Crippen molar-refractivity contribution < 1.29 is 54.9 Å². The minimum Gasteiger partial charge on any atom is -0.494 e. The highest BCUT2D eigenvalue weighted by molar-refractivity contribution is 5.92. The lowest BCUT2D eigenvalue weighted by Gasteiger charge is -2.20. The zero-order valence-corrected chi connectivity index (χ0v) is 28.3. The molecule has 3 aromatic carbocycles. The fourth-order valence-electron chi connectivity index (χ4n) is 4.93. The average molecular weight is 711 g/mol. The van der Waals surface area contributed by atoms with Crippen molar-refractivity contribution in [2.24, 2.45) is 0 Å². The van der Waals surface area contributed by atoms with Crippen LogP contribution in [0.25, 0.3) is 11.1 Å². The van der Waals surface area contributed by atoms with E-state index in [0.717, 1.165) is 47.9 Å². The molecule has 0 saturated carbocycles. The summed E-state index contributed by atoms with van der Waals surface area (Å²) in [5, 5.41) is 0. The van der Waals surface area contributed by atoms with Gasteiger partial charge in [0.2, 0.25) is 0 Å². The van der Waals surface area contributed by atoms with E-state index in [1.807, 2.05) is 24.3 Å². The lowest BCUT2D eigenvalue weighted by Crippen LogP contribution is -2.41. The minimum atomic E-state index is -5.79. The fraction of sp³-hybridized carbons (Fsp3) is 0.474. The first-order valence-corrected chi connectivity index (χ1v) is 16.9. The van der Waals surface area contributed by atoms with Gasteiger partial charge in [-0.05, 0) is 60.9 Å². The molecule has 50 heavy (non-hydrogen) atoms. The Morgan fingerprint density at radius 3 is 1.80 bits per heavy atom. The molecule has 0 amide bonds. The molecule has 3 rings (SSSR count). The standard InChI is InChI=1S/C38H44F6O6/c1-3-4-5-6-7-8-9-10-11-12-23-48-31-19-17-29(18-20-31)28-13-15-30(16-14-28)35(45)50-32-21-22-33(34(39)24-32)36(46)49-27(2)25-47-26-37(40,41)38(42,43)44/h13-22,24,27H,3-12,23,25-26H2,1-2H3. The van der Waals surface area contributed by atoms with Gasteiger partial charge in [-0.15, -0.1) is 0 Å². The zero-order valence-electron chi connectivity index (χ0n) is 28.3. The molecule has 0 aliphatic heterocycles. The Balaban J connectivity index is 1.41. The van der Waals surface area contributed by atoms with Crippen molar-refractivity contribution in [2.75, 3.05) is 19.8 Å². The number of alkyl halides is 5. The molecule has 0 saturated heterocycles. The quantitative estimate of drug-likeness (QED) is 0.0474. The third-order valence-electron chi connectivity index (χ3n) is 7.80. The molecule has 0 radical (unpaired) electrons. The lowest BCUT2D eigenvalue weighted by atomic mass is 10.0. The summed E-state index contributed by atoms with van der Waals surface area (Å²) in [6.07, 6.45) is 5.56. The van der Waals surface area contributed by atoms with Gasteiger partial charge in [0.05, 0.1) is 24.3 Å². The van der Waals surface area contributed by atoms with Crippen LogP contribution < -0.4 is 9.47 Å². The number of carbonyl (C=O) groups excluding carboxylic acids is 2. The molecular formula is C38H44F6O6. The van der Waals surface area contributed by atoms with Crippen LogP contribution in [0.5, 0.6) is 11.5 Å². The normalized spacial score (nSPS) is 12.4. The molecule has 0 spiro atoms. The lowest BCUT2D eigenvalue weighted by molar-refractivity contribution is -0.297. The molecule has 274 valence electrons. The molecule has 3 aromatic rings. The Hall–Kier alpha value is -4.06. The number of unbranched alkanes of at least 4 members (excludes halogenated alkanes) is 9. The number of halogens is 6. The molecule has 6 nitrogen and oxygen atoms in total. The molecule has 0 bridgehead atoms. The van der Waals surface area contributed by atoms with E-state index in [2.05, 4.69) is 11.7 Å². The monoisotopic (exact) mass is 710 g/mol. The van der Waals surface area contributed by atoms with Crippen molar-refractivity contribution in [2.45, 2.75) is 96.3 Å². The van der Waals surface area contributed by atoms with Crippen LogP contribution in [0.3, 0.4) is 0 Å². The number of benzene rings is 3. The largest absolute Gasteiger partial charge is 0.494 e. The Labute approximate surface area is 289 Å². The Kier molecular flexibility index (Phi) is 16.1. The zero-order chi connectivity index (χ0) is 36.6. The van der Waals surface area contributed by atoms with Crippen LogP contribution in [0.4, 0.5) is 26.3 Å². The highest BCUT2D eigenvalue weighted by Crippen LogP contribution is 2.35. The predicted molar refractivity (Wildman–Crippen MR) is 177 cm³/mol. The van der Waals surface area contributed by atoms with Gasteiger partial charge < -0.3 is 18.9 Å². The van der Waals surface area contributed by atoms with Crippen LogP contribution >= 0.6 is 0 Å². The Morgan fingerprint density at radius 2 is 1.24 bits per heavy atom. The summed E-state index contributed by atoms with van der Waals surface area (Å²) >= 11 is 0. The van der Waals surface area contributed by atoms with Crippen LogP contribution in [0.1, 0.15) is 98.8 Å². The van der Waals surface area contributed by atoms with Gasteiger partial charge in [-0.25, -0.2) is 14.0 Å². The van der Waals surface area contributed by atoms with E-state index in [4.69, 9.17) is 14.2 Å². The van der Waals surface area contributed by atoms with Crippen molar-refractivity contribution in [3.05, 3.63) is 83.7 Å². The van der Waals surface area contributed by atoms with E-state index in [9.17, 15) is 35.9 Å². The smallest absolute Gasteiger partial charge is 0.455 e. The van der Waals surface area contributed by atoms with E-state index in [1.165, 1.54) is 58.3 Å². The van der Waals surface area contributed by atoms with Gasteiger partial charge in [-0.2, -0.15) is 22.0 Å². The van der Waals surface area contributed by atoms with Crippen molar-refractivity contribution >= 4 is 11.9 Å². The SMILES string of the molecule is CCCCCCCCCCCCOc1ccc(-c2ccc(C(=O)Oc3ccc(C(=O)OC(C)COCC(F)(F)C(F)(F)F)c(F)c3)cc2)cc1. The van der Waals surface area contributed by atoms with E-state index < -0.39 is 54.7 Å². The second kappa shape index (κ2) is 20.0. The topological polar surface area (TPSA) is 71.1 Å². The molecule has 1 unspecified atom stereocenters. The van der Waals surface area contributed by atoms with Crippen molar-refractivity contribution in [1.82, 2.24) is 0 Å². The summed E-state index contributed by atoms with van der Waals surface area (Å²) < 4.78 is 97.5. The second-order valence-electron chi connectivity index (χ2n) is 12.1. The van der Waals surface area contributed by atoms with Gasteiger partial charge in [0, 0.05) is 6.07 Å². The van der Waals surface area contributed by atoms with Crippen molar-refractivity contribution in [3.8, 4) is 22.6 Å². The summed E-state index contributed by atoms with van der Waals surface area (Å²) in [6.45, 7) is 1.33. The number of hydrogen-bond donors (Lipinski definition) is 0. The fourth-order valence-corrected chi connectivity index (χ4v) is 4.93. The Bertz CT molecular complexity index is 1470. The number of rotatable bonds is 21. The average Bonchev–Trinajstić information content (AvgIpc) is 3.07. The number of ether oxygens (including phenoxy) is 4. The highest BCUT2D eigenvalue weighted by atomic mass is 19.4. The van der Waals surface area contributed by atoms with Gasteiger partial charge in [0.25, 0.3) is 0 Å². The molecule has 0 aromatic heterocycles. The van der Waals surface area contributed by atoms with Crippen LogP contribution in [-0.2, 0) is 9.47 Å². The van der Waals surface area contributed by atoms with Crippen LogP contribution in [0.2, 0.25) is 0 Å². The number of hydrogen-bond acceptors (Lipinski definition) is 6. The summed E-state index contributed by atoms with van der Waals surface area (Å²) in [4.78, 5) is 25.0. The van der Waals surface area contributed by atoms with Crippen LogP contribution in [0.15, 0.2) is 66.7 Å². The summed E-state index contributed by atoms with van der Waals surface area (Å²) in [7, 11) is 0. The maximum atomic E-state index is 14.6. The molecule has 0 N–H and O–H groups in total. The first-order chi connectivity index (χ1) is 23.8. The second-order valence-corrected chi connectivity index (χ2v) is 12.1. The third-order valence-corrected chi connectivity index (χ3v) is 7.80. The molecular weight excluding hydrogens is 666 g/mol. The van der Waals surface area contributed by atoms with Gasteiger partial charge in [-0.1, -0.05) is 89.0 Å². The van der Waals surface area contributed by atoms with Gasteiger partial charge >= 0.3 is 24.0 Å². The number of carbonyl (C=O) groups is 2. The van der Waals surface area contributed by atoms with E-state index in [0.29, 0.717) is 6.61 Å². The number of esters is 2. The summed E-state index contributed by atoms with van der Waals surface area (Å²) in [5.41, 5.74) is 1.39. The molecule has 0 aliphatic rings. The Morgan fingerprint density at radius 1 is 0.700 bits per heavy atom. The molecule has 0 heterocycles. The molecule has 0 fully saturated rings. The van der Waals surface area contributed by atoms with E-state index >= 15 is 0 Å². The van der Waals surface area contributed by atoms with Crippen molar-refractivity contribution in [1.29, 1.82) is 0 Å². The van der Waals surface area contributed by atoms with Crippen LogP contribution in [0, 0.1) is 5.82 Å². The maximum Gasteiger partial charge on any atom is 0.455 e. The van der Waals surface area contributed by atoms with E-state index in [1.54, 1.807) is 24.3 Å². The minimum absolute atomic E-state index is 0.194. The van der Waals surface area contributed by atoms with Gasteiger partial charge in [-0.3, -0.25) is 0 Å². The van der Waals surface area contributed by atoms with Crippen molar-refractivity contribution in [3.63, 3.8) is 0 Å². The van der Waals surface area contributed by atoms with Gasteiger partial charge in [0.15, 0.2) is 0 Å². The molecule has 1 atom stereocenters. The third kappa shape index (κ3) is 13.3. The maximum absolute atomic E-state index is 14.6. The summed E-state index contributed by atoms with van der Waals surface area (Å²) in [5.74, 6) is -7.60. The van der Waals surface area contributed by atoms with Gasteiger partial charge in [0.1, 0.15) is 30.0 Å². The van der Waals surface area contributed by atoms with E-state index in [-0.39, 0.29) is 11.3 Å². The first kappa shape index (κ1) is 40.4. The van der Waals surface area contributed by atoms with Crippen LogP contribution in [-0.4, -0.2) is 50.0 Å². The molecule has 12 heteroatoms. The first-order valence-electron chi connectivity index (χ1n) is 16.9.